The van der Waals surface area contributed by atoms with Gasteiger partial charge >= 0.3 is 0 Å². The van der Waals surface area contributed by atoms with Gasteiger partial charge in [-0.2, -0.15) is 0 Å². The second-order valence-corrected chi connectivity index (χ2v) is 4.14. The molecule has 19 heavy (non-hydrogen) atoms. The van der Waals surface area contributed by atoms with Crippen LogP contribution in [0.25, 0.3) is 0 Å². The number of ether oxygens (including phenoxy) is 2. The van der Waals surface area contributed by atoms with Crippen molar-refractivity contribution in [2.75, 3.05) is 7.11 Å². The molecule has 98 valence electrons. The van der Waals surface area contributed by atoms with Crippen LogP contribution in [0.1, 0.15) is 10.4 Å². The second-order valence-electron chi connectivity index (χ2n) is 3.73. The molecule has 0 spiro atoms. The fourth-order valence-corrected chi connectivity index (χ4v) is 1.91. The average Bonchev–Trinajstić information content (AvgIpc) is 2.39. The maximum atomic E-state index is 11.4. The average molecular weight is 278 g/mol. The number of primary amides is 1. The summed E-state index contributed by atoms with van der Waals surface area (Å²) in [6.45, 7) is 0. The number of hydrogen-bond acceptors (Lipinski definition) is 3. The van der Waals surface area contributed by atoms with Crippen LogP contribution in [0.15, 0.2) is 42.5 Å². The largest absolute Gasteiger partial charge is 0.493 e. The number of hydrogen-bond donors (Lipinski definition) is 1. The fourth-order valence-electron chi connectivity index (χ4n) is 1.65. The van der Waals surface area contributed by atoms with Crippen molar-refractivity contribution in [1.82, 2.24) is 0 Å². The minimum atomic E-state index is -0.643. The highest BCUT2D eigenvalue weighted by atomic mass is 35.5. The zero-order valence-corrected chi connectivity index (χ0v) is 11.0. The van der Waals surface area contributed by atoms with Crippen molar-refractivity contribution in [2.45, 2.75) is 0 Å². The summed E-state index contributed by atoms with van der Waals surface area (Å²) in [4.78, 5) is 11.4. The van der Waals surface area contributed by atoms with Crippen LogP contribution in [0.5, 0.6) is 17.2 Å². The zero-order valence-electron chi connectivity index (χ0n) is 10.2. The van der Waals surface area contributed by atoms with E-state index in [1.54, 1.807) is 36.4 Å². The number of benzene rings is 2. The molecule has 2 rings (SSSR count). The predicted molar refractivity (Wildman–Crippen MR) is 73.0 cm³/mol. The van der Waals surface area contributed by atoms with Gasteiger partial charge in [0.2, 0.25) is 0 Å². The SMILES string of the molecule is COc1ccccc1Oc1cccc(Cl)c1C(N)=O. The Hall–Kier alpha value is -2.20. The molecule has 4 nitrogen and oxygen atoms in total. The Kier molecular flexibility index (Phi) is 3.92. The monoisotopic (exact) mass is 277 g/mol. The van der Waals surface area contributed by atoms with Crippen LogP contribution >= 0.6 is 11.6 Å². The van der Waals surface area contributed by atoms with E-state index >= 15 is 0 Å². The summed E-state index contributed by atoms with van der Waals surface area (Å²) in [5, 5.41) is 0.250. The Bertz CT molecular complexity index is 613. The summed E-state index contributed by atoms with van der Waals surface area (Å²) < 4.78 is 10.8. The molecule has 0 aromatic heterocycles. The number of carbonyl (C=O) groups excluding carboxylic acids is 1. The van der Waals surface area contributed by atoms with Gasteiger partial charge in [-0.25, -0.2) is 0 Å². The minimum absolute atomic E-state index is 0.148. The summed E-state index contributed by atoms with van der Waals surface area (Å²) >= 11 is 5.95. The van der Waals surface area contributed by atoms with Gasteiger partial charge in [0.1, 0.15) is 11.3 Å². The van der Waals surface area contributed by atoms with E-state index in [0.717, 1.165) is 0 Å². The standard InChI is InChI=1S/C14H12ClNO3/c1-18-10-6-2-3-7-11(10)19-12-8-4-5-9(15)13(12)14(16)17/h2-8H,1H3,(H2,16,17). The number of para-hydroxylation sites is 2. The van der Waals surface area contributed by atoms with E-state index in [-0.39, 0.29) is 10.6 Å². The van der Waals surface area contributed by atoms with Crippen molar-refractivity contribution in [3.63, 3.8) is 0 Å². The van der Waals surface area contributed by atoms with E-state index < -0.39 is 5.91 Å². The molecule has 2 aromatic rings. The Morgan fingerprint density at radius 1 is 1.05 bits per heavy atom. The number of amides is 1. The number of methoxy groups -OCH3 is 1. The summed E-state index contributed by atoms with van der Waals surface area (Å²) in [6, 6.07) is 12.0. The van der Waals surface area contributed by atoms with Gasteiger partial charge in [0.05, 0.1) is 12.1 Å². The topological polar surface area (TPSA) is 61.6 Å². The van der Waals surface area contributed by atoms with Crippen molar-refractivity contribution in [3.8, 4) is 17.2 Å². The van der Waals surface area contributed by atoms with Gasteiger partial charge in [-0.05, 0) is 24.3 Å². The van der Waals surface area contributed by atoms with E-state index in [2.05, 4.69) is 0 Å². The van der Waals surface area contributed by atoms with E-state index in [4.69, 9.17) is 26.8 Å². The van der Waals surface area contributed by atoms with Gasteiger partial charge < -0.3 is 15.2 Å². The highest BCUT2D eigenvalue weighted by Gasteiger charge is 2.15. The van der Waals surface area contributed by atoms with E-state index in [0.29, 0.717) is 17.2 Å². The fraction of sp³-hybridized carbons (Fsp3) is 0.0714. The summed E-state index contributed by atoms with van der Waals surface area (Å²) in [7, 11) is 1.54. The first-order valence-corrected chi connectivity index (χ1v) is 5.90. The molecule has 0 aliphatic rings. The molecular formula is C14H12ClNO3. The van der Waals surface area contributed by atoms with Crippen LogP contribution in [0.2, 0.25) is 5.02 Å². The zero-order chi connectivity index (χ0) is 13.8. The molecule has 0 atom stereocenters. The van der Waals surface area contributed by atoms with Crippen LogP contribution in [-0.2, 0) is 0 Å². The lowest BCUT2D eigenvalue weighted by Gasteiger charge is -2.12. The summed E-state index contributed by atoms with van der Waals surface area (Å²) in [6.07, 6.45) is 0. The number of carbonyl (C=O) groups is 1. The molecule has 0 aliphatic carbocycles. The third kappa shape index (κ3) is 2.80. The van der Waals surface area contributed by atoms with Crippen molar-refractivity contribution in [1.29, 1.82) is 0 Å². The number of nitrogens with two attached hydrogens (primary N) is 1. The molecule has 0 saturated carbocycles. The molecular weight excluding hydrogens is 266 g/mol. The molecule has 0 aliphatic heterocycles. The lowest BCUT2D eigenvalue weighted by molar-refractivity contribution is 0.0998. The first-order valence-electron chi connectivity index (χ1n) is 5.52. The van der Waals surface area contributed by atoms with Crippen molar-refractivity contribution >= 4 is 17.5 Å². The first kappa shape index (κ1) is 13.2. The van der Waals surface area contributed by atoms with Gasteiger partial charge in [0, 0.05) is 0 Å². The molecule has 0 heterocycles. The molecule has 5 heteroatoms. The second kappa shape index (κ2) is 5.63. The quantitative estimate of drug-likeness (QED) is 0.933. The van der Waals surface area contributed by atoms with E-state index in [9.17, 15) is 4.79 Å². The molecule has 1 amide bonds. The van der Waals surface area contributed by atoms with E-state index in [1.807, 2.05) is 6.07 Å². The summed E-state index contributed by atoms with van der Waals surface area (Å²) in [5.74, 6) is 0.688. The molecule has 2 aromatic carbocycles. The summed E-state index contributed by atoms with van der Waals surface area (Å²) in [5.41, 5.74) is 5.45. The van der Waals surface area contributed by atoms with Gasteiger partial charge in [-0.15, -0.1) is 0 Å². The van der Waals surface area contributed by atoms with Crippen LogP contribution in [-0.4, -0.2) is 13.0 Å². The molecule has 2 N–H and O–H groups in total. The maximum absolute atomic E-state index is 11.4. The van der Waals surface area contributed by atoms with Crippen molar-refractivity contribution in [3.05, 3.63) is 53.1 Å². The predicted octanol–water partition coefficient (Wildman–Crippen LogP) is 3.24. The Labute approximate surface area is 115 Å². The Morgan fingerprint density at radius 2 is 1.68 bits per heavy atom. The first-order chi connectivity index (χ1) is 9.13. The Morgan fingerprint density at radius 3 is 2.32 bits per heavy atom. The Balaban J connectivity index is 2.44. The number of rotatable bonds is 4. The van der Waals surface area contributed by atoms with Gasteiger partial charge in [-0.1, -0.05) is 29.8 Å². The molecule has 0 radical (unpaired) electrons. The van der Waals surface area contributed by atoms with Crippen LogP contribution in [0.3, 0.4) is 0 Å². The van der Waals surface area contributed by atoms with Crippen LogP contribution in [0, 0.1) is 0 Å². The normalized spacial score (nSPS) is 10.0. The lowest BCUT2D eigenvalue weighted by Crippen LogP contribution is -2.13. The van der Waals surface area contributed by atoms with Gasteiger partial charge in [0.25, 0.3) is 5.91 Å². The number of halogens is 1. The minimum Gasteiger partial charge on any atom is -0.493 e. The lowest BCUT2D eigenvalue weighted by atomic mass is 10.2. The van der Waals surface area contributed by atoms with Gasteiger partial charge in [-0.3, -0.25) is 4.79 Å². The van der Waals surface area contributed by atoms with Gasteiger partial charge in [0.15, 0.2) is 11.5 Å². The molecule has 0 bridgehead atoms. The maximum Gasteiger partial charge on any atom is 0.254 e. The van der Waals surface area contributed by atoms with Crippen LogP contribution < -0.4 is 15.2 Å². The third-order valence-electron chi connectivity index (χ3n) is 2.51. The van der Waals surface area contributed by atoms with Crippen molar-refractivity contribution < 1.29 is 14.3 Å². The highest BCUT2D eigenvalue weighted by Crippen LogP contribution is 2.34. The molecule has 0 fully saturated rings. The highest BCUT2D eigenvalue weighted by molar-refractivity contribution is 6.34. The molecule has 0 saturated heterocycles. The third-order valence-corrected chi connectivity index (χ3v) is 2.83. The smallest absolute Gasteiger partial charge is 0.254 e. The van der Waals surface area contributed by atoms with Crippen molar-refractivity contribution in [2.24, 2.45) is 5.73 Å². The molecule has 0 unspecified atom stereocenters. The van der Waals surface area contributed by atoms with E-state index in [1.165, 1.54) is 7.11 Å². The van der Waals surface area contributed by atoms with Crippen LogP contribution in [0.4, 0.5) is 0 Å².